The second kappa shape index (κ2) is 7.37. The van der Waals surface area contributed by atoms with E-state index < -0.39 is 0 Å². The summed E-state index contributed by atoms with van der Waals surface area (Å²) in [6.45, 7) is 3.92. The first-order chi connectivity index (χ1) is 13.2. The van der Waals surface area contributed by atoms with E-state index in [0.29, 0.717) is 5.56 Å². The van der Waals surface area contributed by atoms with E-state index in [1.54, 1.807) is 13.2 Å². The van der Waals surface area contributed by atoms with Gasteiger partial charge in [0.05, 0.1) is 5.56 Å². The molecule has 0 atom stereocenters. The average molecular weight is 360 g/mol. The van der Waals surface area contributed by atoms with Crippen LogP contribution in [0.2, 0.25) is 0 Å². The number of nitrogens with zero attached hydrogens (tertiary/aromatic N) is 3. The highest BCUT2D eigenvalue weighted by atomic mass is 16.1. The van der Waals surface area contributed by atoms with Gasteiger partial charge in [0.15, 0.2) is 0 Å². The van der Waals surface area contributed by atoms with Gasteiger partial charge in [-0.3, -0.25) is 4.79 Å². The van der Waals surface area contributed by atoms with E-state index in [0.717, 1.165) is 53.9 Å². The largest absolute Gasteiger partial charge is 0.355 e. The van der Waals surface area contributed by atoms with Gasteiger partial charge in [0.25, 0.3) is 5.91 Å². The molecule has 5 nitrogen and oxygen atoms in total. The fraction of sp³-hybridized carbons (Fsp3) is 0.273. The van der Waals surface area contributed by atoms with Crippen LogP contribution in [0.5, 0.6) is 0 Å². The zero-order valence-electron chi connectivity index (χ0n) is 15.8. The first-order valence-electron chi connectivity index (χ1n) is 9.31. The molecule has 0 radical (unpaired) electrons. The van der Waals surface area contributed by atoms with E-state index in [2.05, 4.69) is 57.5 Å². The van der Waals surface area contributed by atoms with E-state index in [1.165, 1.54) is 0 Å². The number of aromatic nitrogens is 1. The lowest BCUT2D eigenvalue weighted by Gasteiger charge is -2.33. The summed E-state index contributed by atoms with van der Waals surface area (Å²) in [7, 11) is 3.80. The Bertz CT molecular complexity index is 972. The molecule has 138 valence electrons. The third-order valence-electron chi connectivity index (χ3n) is 5.27. The van der Waals surface area contributed by atoms with Crippen molar-refractivity contribution in [2.24, 2.45) is 0 Å². The molecular weight excluding hydrogens is 336 g/mol. The maximum atomic E-state index is 12.5. The second-order valence-corrected chi connectivity index (χ2v) is 6.98. The van der Waals surface area contributed by atoms with Crippen LogP contribution in [0.15, 0.2) is 54.7 Å². The number of rotatable bonds is 3. The van der Waals surface area contributed by atoms with Gasteiger partial charge in [-0.25, -0.2) is 4.98 Å². The number of carbonyl (C=O) groups is 1. The summed E-state index contributed by atoms with van der Waals surface area (Å²) in [5.74, 6) is 0.814. The summed E-state index contributed by atoms with van der Waals surface area (Å²) < 4.78 is 0. The van der Waals surface area contributed by atoms with Crippen molar-refractivity contribution in [2.45, 2.75) is 0 Å². The number of nitrogens with one attached hydrogen (secondary N) is 1. The van der Waals surface area contributed by atoms with Gasteiger partial charge in [-0.15, -0.1) is 0 Å². The number of hydrogen-bond donors (Lipinski definition) is 1. The van der Waals surface area contributed by atoms with Crippen molar-refractivity contribution in [1.82, 2.24) is 15.2 Å². The molecule has 1 amide bonds. The maximum Gasteiger partial charge on any atom is 0.253 e. The molecule has 4 rings (SSSR count). The van der Waals surface area contributed by atoms with Crippen LogP contribution in [0.25, 0.3) is 21.9 Å². The number of pyridine rings is 1. The van der Waals surface area contributed by atoms with Crippen molar-refractivity contribution < 1.29 is 4.79 Å². The number of piperazine rings is 1. The molecule has 0 bridgehead atoms. The zero-order chi connectivity index (χ0) is 18.8. The Morgan fingerprint density at radius 3 is 2.52 bits per heavy atom. The van der Waals surface area contributed by atoms with Crippen molar-refractivity contribution in [2.75, 3.05) is 45.2 Å². The van der Waals surface area contributed by atoms with Crippen LogP contribution in [-0.4, -0.2) is 56.1 Å². The highest BCUT2D eigenvalue weighted by Crippen LogP contribution is 2.33. The molecule has 1 aliphatic rings. The number of hydrogen-bond acceptors (Lipinski definition) is 4. The van der Waals surface area contributed by atoms with Gasteiger partial charge in [-0.1, -0.05) is 42.5 Å². The third-order valence-corrected chi connectivity index (χ3v) is 5.27. The molecule has 1 aromatic heterocycles. The standard InChI is InChI=1S/C22H24N4O/c1-23-22(27)20-15-24-21(26-12-10-25(2)11-13-26)14-19(20)18-9-5-7-16-6-3-4-8-17(16)18/h3-9,14-15H,10-13H2,1-2H3,(H,23,27). The highest BCUT2D eigenvalue weighted by Gasteiger charge is 2.20. The van der Waals surface area contributed by atoms with Crippen molar-refractivity contribution in [3.63, 3.8) is 0 Å². The molecule has 1 fully saturated rings. The third kappa shape index (κ3) is 3.38. The zero-order valence-corrected chi connectivity index (χ0v) is 15.8. The van der Waals surface area contributed by atoms with Crippen LogP contribution in [0.3, 0.4) is 0 Å². The van der Waals surface area contributed by atoms with Gasteiger partial charge in [-0.2, -0.15) is 0 Å². The molecule has 1 N–H and O–H groups in total. The minimum atomic E-state index is -0.115. The molecule has 0 unspecified atom stereocenters. The monoisotopic (exact) mass is 360 g/mol. The van der Waals surface area contributed by atoms with E-state index >= 15 is 0 Å². The number of carbonyl (C=O) groups excluding carboxylic acids is 1. The number of benzene rings is 2. The Hall–Kier alpha value is -2.92. The SMILES string of the molecule is CNC(=O)c1cnc(N2CCN(C)CC2)cc1-c1cccc2ccccc12. The van der Waals surface area contributed by atoms with Gasteiger partial charge < -0.3 is 15.1 Å². The first-order valence-corrected chi connectivity index (χ1v) is 9.31. The van der Waals surface area contributed by atoms with Crippen molar-refractivity contribution in [1.29, 1.82) is 0 Å². The Morgan fingerprint density at radius 1 is 1.00 bits per heavy atom. The van der Waals surface area contributed by atoms with Crippen LogP contribution in [-0.2, 0) is 0 Å². The minimum Gasteiger partial charge on any atom is -0.355 e. The number of likely N-dealkylation sites (N-methyl/N-ethyl adjacent to an activating group) is 1. The lowest BCUT2D eigenvalue weighted by atomic mass is 9.95. The van der Waals surface area contributed by atoms with E-state index in [9.17, 15) is 4.79 Å². The van der Waals surface area contributed by atoms with E-state index in [4.69, 9.17) is 0 Å². The topological polar surface area (TPSA) is 48.5 Å². The molecule has 5 heteroatoms. The molecule has 27 heavy (non-hydrogen) atoms. The van der Waals surface area contributed by atoms with Gasteiger partial charge in [0.1, 0.15) is 5.82 Å². The Labute approximate surface area is 159 Å². The molecule has 0 aliphatic carbocycles. The number of fused-ring (bicyclic) bond motifs is 1. The van der Waals surface area contributed by atoms with Crippen LogP contribution in [0, 0.1) is 0 Å². The number of amides is 1. The molecule has 1 saturated heterocycles. The summed E-state index contributed by atoms with van der Waals surface area (Å²) in [6.07, 6.45) is 1.71. The van der Waals surface area contributed by atoms with E-state index in [-0.39, 0.29) is 5.91 Å². The lowest BCUT2D eigenvalue weighted by molar-refractivity contribution is 0.0963. The predicted molar refractivity (Wildman–Crippen MR) is 110 cm³/mol. The Morgan fingerprint density at radius 2 is 1.74 bits per heavy atom. The normalized spacial score (nSPS) is 15.1. The minimum absolute atomic E-state index is 0.115. The molecule has 3 aromatic rings. The van der Waals surface area contributed by atoms with Crippen molar-refractivity contribution in [3.05, 3.63) is 60.3 Å². The summed E-state index contributed by atoms with van der Waals surface area (Å²) in [6, 6.07) is 16.6. The van der Waals surface area contributed by atoms with Crippen LogP contribution >= 0.6 is 0 Å². The molecule has 2 heterocycles. The maximum absolute atomic E-state index is 12.5. The predicted octanol–water partition coefficient (Wildman–Crippen LogP) is 3.01. The quantitative estimate of drug-likeness (QED) is 0.780. The smallest absolute Gasteiger partial charge is 0.253 e. The van der Waals surface area contributed by atoms with Crippen molar-refractivity contribution >= 4 is 22.5 Å². The lowest BCUT2D eigenvalue weighted by Crippen LogP contribution is -2.44. The van der Waals surface area contributed by atoms with Crippen molar-refractivity contribution in [3.8, 4) is 11.1 Å². The first kappa shape index (κ1) is 17.5. The molecule has 0 saturated carbocycles. The molecule has 1 aliphatic heterocycles. The molecular formula is C22H24N4O. The summed E-state index contributed by atoms with van der Waals surface area (Å²) >= 11 is 0. The van der Waals surface area contributed by atoms with Crippen LogP contribution in [0.4, 0.5) is 5.82 Å². The summed E-state index contributed by atoms with van der Waals surface area (Å²) in [4.78, 5) is 21.7. The Kier molecular flexibility index (Phi) is 4.77. The summed E-state index contributed by atoms with van der Waals surface area (Å²) in [5, 5.41) is 5.05. The average Bonchev–Trinajstić information content (AvgIpc) is 2.73. The summed E-state index contributed by atoms with van der Waals surface area (Å²) in [5.41, 5.74) is 2.59. The molecule has 0 spiro atoms. The Balaban J connectivity index is 1.86. The van der Waals surface area contributed by atoms with Crippen LogP contribution < -0.4 is 10.2 Å². The van der Waals surface area contributed by atoms with Gasteiger partial charge >= 0.3 is 0 Å². The van der Waals surface area contributed by atoms with Gasteiger partial charge in [-0.05, 0) is 29.4 Å². The highest BCUT2D eigenvalue weighted by molar-refractivity contribution is 6.06. The fourth-order valence-corrected chi connectivity index (χ4v) is 3.65. The second-order valence-electron chi connectivity index (χ2n) is 6.98. The fourth-order valence-electron chi connectivity index (χ4n) is 3.65. The van der Waals surface area contributed by atoms with Crippen LogP contribution in [0.1, 0.15) is 10.4 Å². The van der Waals surface area contributed by atoms with Gasteiger partial charge in [0.2, 0.25) is 0 Å². The molecule has 2 aromatic carbocycles. The number of anilines is 1. The van der Waals surface area contributed by atoms with Gasteiger partial charge in [0, 0.05) is 45.0 Å². The van der Waals surface area contributed by atoms with E-state index in [1.807, 2.05) is 18.2 Å².